The minimum absolute atomic E-state index is 0.280. The van der Waals surface area contributed by atoms with Crippen LogP contribution >= 0.6 is 27.5 Å². The van der Waals surface area contributed by atoms with Crippen LogP contribution < -0.4 is 0 Å². The Kier molecular flexibility index (Phi) is 3.96. The molecule has 0 saturated heterocycles. The van der Waals surface area contributed by atoms with Gasteiger partial charge in [0.2, 0.25) is 0 Å². The quantitative estimate of drug-likeness (QED) is 0.795. The smallest absolute Gasteiger partial charge is 0.335 e. The molecule has 0 atom stereocenters. The molecular formula is C10H10BrClO2. The van der Waals surface area contributed by atoms with Gasteiger partial charge in [0.15, 0.2) is 0 Å². The van der Waals surface area contributed by atoms with E-state index in [0.717, 1.165) is 12.0 Å². The molecule has 0 bridgehead atoms. The van der Waals surface area contributed by atoms with E-state index in [9.17, 15) is 4.79 Å². The number of aliphatic carboxylic acids is 1. The lowest BCUT2D eigenvalue weighted by molar-refractivity contribution is -0.132. The van der Waals surface area contributed by atoms with Crippen molar-refractivity contribution in [1.29, 1.82) is 0 Å². The van der Waals surface area contributed by atoms with E-state index in [1.54, 1.807) is 6.08 Å². The van der Waals surface area contributed by atoms with Gasteiger partial charge in [0.1, 0.15) is 0 Å². The standard InChI is InChI=1S/C10H10BrClO2/c1-6-3-2-4-7(10(13)14)5-8(11)9(6)12/h4-5H,2-3H2,1H3,(H,13,14). The Hall–Kier alpha value is -0.540. The summed E-state index contributed by atoms with van der Waals surface area (Å²) in [5, 5.41) is 9.44. The first-order valence-corrected chi connectivity index (χ1v) is 5.35. The summed E-state index contributed by atoms with van der Waals surface area (Å²) in [6, 6.07) is 0. The van der Waals surface area contributed by atoms with Crippen LogP contribution in [0.5, 0.6) is 0 Å². The van der Waals surface area contributed by atoms with Crippen molar-refractivity contribution in [2.45, 2.75) is 19.8 Å². The Bertz CT molecular complexity index is 353. The highest BCUT2D eigenvalue weighted by Gasteiger charge is 2.11. The van der Waals surface area contributed by atoms with Crippen LogP contribution in [0.2, 0.25) is 0 Å². The monoisotopic (exact) mass is 276 g/mol. The van der Waals surface area contributed by atoms with Gasteiger partial charge in [-0.05, 0) is 41.8 Å². The molecule has 0 amide bonds. The summed E-state index contributed by atoms with van der Waals surface area (Å²) in [6.07, 6.45) is 4.74. The van der Waals surface area contributed by atoms with E-state index < -0.39 is 5.97 Å². The number of allylic oxidation sites excluding steroid dienone is 4. The van der Waals surface area contributed by atoms with Crippen molar-refractivity contribution < 1.29 is 9.90 Å². The van der Waals surface area contributed by atoms with Gasteiger partial charge in [-0.15, -0.1) is 0 Å². The molecule has 1 N–H and O–H groups in total. The number of carbonyl (C=O) groups is 1. The largest absolute Gasteiger partial charge is 0.478 e. The molecule has 0 fully saturated rings. The van der Waals surface area contributed by atoms with Gasteiger partial charge in [-0.2, -0.15) is 0 Å². The summed E-state index contributed by atoms with van der Waals surface area (Å²) in [6.45, 7) is 1.94. The molecule has 0 aromatic rings. The van der Waals surface area contributed by atoms with E-state index in [1.807, 2.05) is 6.92 Å². The lowest BCUT2D eigenvalue weighted by atomic mass is 10.1. The minimum atomic E-state index is -0.925. The van der Waals surface area contributed by atoms with Crippen LogP contribution in [-0.4, -0.2) is 11.1 Å². The Morgan fingerprint density at radius 1 is 1.64 bits per heavy atom. The maximum Gasteiger partial charge on any atom is 0.335 e. The molecule has 0 heterocycles. The Labute approximate surface area is 96.1 Å². The van der Waals surface area contributed by atoms with Crippen LogP contribution in [-0.2, 0) is 4.79 Å². The predicted octanol–water partition coefficient (Wildman–Crippen LogP) is 3.58. The summed E-state index contributed by atoms with van der Waals surface area (Å²) < 4.78 is 0.630. The zero-order valence-electron chi connectivity index (χ0n) is 7.68. The molecule has 0 aromatic heterocycles. The molecule has 1 aliphatic carbocycles. The van der Waals surface area contributed by atoms with Crippen molar-refractivity contribution in [3.05, 3.63) is 32.8 Å². The molecule has 0 unspecified atom stereocenters. The molecule has 14 heavy (non-hydrogen) atoms. The molecule has 0 aliphatic heterocycles. The average molecular weight is 278 g/mol. The number of hydrogen-bond donors (Lipinski definition) is 1. The van der Waals surface area contributed by atoms with E-state index >= 15 is 0 Å². The fourth-order valence-corrected chi connectivity index (χ4v) is 1.90. The van der Waals surface area contributed by atoms with Gasteiger partial charge >= 0.3 is 5.97 Å². The second kappa shape index (κ2) is 4.80. The van der Waals surface area contributed by atoms with E-state index in [1.165, 1.54) is 6.08 Å². The number of rotatable bonds is 1. The van der Waals surface area contributed by atoms with Gasteiger partial charge in [0.05, 0.1) is 10.6 Å². The molecule has 0 radical (unpaired) electrons. The second-order valence-electron chi connectivity index (χ2n) is 3.09. The summed E-state index contributed by atoms with van der Waals surface area (Å²) >= 11 is 9.26. The van der Waals surface area contributed by atoms with Crippen LogP contribution in [0.25, 0.3) is 0 Å². The van der Waals surface area contributed by atoms with Crippen LogP contribution in [0, 0.1) is 0 Å². The zero-order chi connectivity index (χ0) is 10.7. The Balaban J connectivity index is 3.10. The Morgan fingerprint density at radius 3 is 2.86 bits per heavy atom. The van der Waals surface area contributed by atoms with Crippen LogP contribution in [0.15, 0.2) is 32.8 Å². The third-order valence-corrected chi connectivity index (χ3v) is 3.38. The van der Waals surface area contributed by atoms with Crippen molar-refractivity contribution in [3.63, 3.8) is 0 Å². The van der Waals surface area contributed by atoms with Crippen LogP contribution in [0.3, 0.4) is 0 Å². The maximum absolute atomic E-state index is 10.8. The van der Waals surface area contributed by atoms with Crippen LogP contribution in [0.1, 0.15) is 19.8 Å². The summed E-state index contributed by atoms with van der Waals surface area (Å²) in [4.78, 5) is 10.8. The summed E-state index contributed by atoms with van der Waals surface area (Å²) in [5.41, 5.74) is 1.35. The zero-order valence-corrected chi connectivity index (χ0v) is 10.0. The second-order valence-corrected chi connectivity index (χ2v) is 4.32. The van der Waals surface area contributed by atoms with Gasteiger partial charge in [0.25, 0.3) is 0 Å². The summed E-state index contributed by atoms with van der Waals surface area (Å²) in [7, 11) is 0. The highest BCUT2D eigenvalue weighted by Crippen LogP contribution is 2.29. The third kappa shape index (κ3) is 2.72. The molecule has 1 aliphatic rings. The van der Waals surface area contributed by atoms with Crippen molar-refractivity contribution in [3.8, 4) is 0 Å². The number of carboxylic acid groups (broad SMARTS) is 1. The van der Waals surface area contributed by atoms with Gasteiger partial charge < -0.3 is 5.11 Å². The Morgan fingerprint density at radius 2 is 2.29 bits per heavy atom. The first kappa shape index (κ1) is 11.5. The fourth-order valence-electron chi connectivity index (χ4n) is 1.17. The normalized spacial score (nSPS) is 18.2. The van der Waals surface area contributed by atoms with Crippen molar-refractivity contribution >= 4 is 33.5 Å². The molecule has 0 aromatic carbocycles. The van der Waals surface area contributed by atoms with Crippen LogP contribution in [0.4, 0.5) is 0 Å². The van der Waals surface area contributed by atoms with Gasteiger partial charge in [-0.3, -0.25) is 0 Å². The topological polar surface area (TPSA) is 37.3 Å². The molecule has 76 valence electrons. The molecule has 0 saturated carbocycles. The van der Waals surface area contributed by atoms with Crippen molar-refractivity contribution in [2.75, 3.05) is 0 Å². The first-order chi connectivity index (χ1) is 6.52. The highest BCUT2D eigenvalue weighted by molar-refractivity contribution is 9.12. The molecule has 4 heteroatoms. The number of carboxylic acids is 1. The molecular weight excluding hydrogens is 267 g/mol. The molecule has 0 spiro atoms. The number of hydrogen-bond acceptors (Lipinski definition) is 1. The van der Waals surface area contributed by atoms with Crippen molar-refractivity contribution in [2.24, 2.45) is 0 Å². The van der Waals surface area contributed by atoms with Crippen molar-refractivity contribution in [1.82, 2.24) is 0 Å². The summed E-state index contributed by atoms with van der Waals surface area (Å²) in [5.74, 6) is -0.925. The third-order valence-electron chi connectivity index (χ3n) is 2.00. The van der Waals surface area contributed by atoms with Gasteiger partial charge in [-0.1, -0.05) is 23.3 Å². The molecule has 1 rings (SSSR count). The van der Waals surface area contributed by atoms with E-state index in [-0.39, 0.29) is 5.57 Å². The maximum atomic E-state index is 10.8. The van der Waals surface area contributed by atoms with E-state index in [4.69, 9.17) is 16.7 Å². The lowest BCUT2D eigenvalue weighted by Crippen LogP contribution is -2.00. The minimum Gasteiger partial charge on any atom is -0.478 e. The van der Waals surface area contributed by atoms with E-state index in [2.05, 4.69) is 15.9 Å². The predicted molar refractivity (Wildman–Crippen MR) is 60.5 cm³/mol. The number of halogens is 2. The first-order valence-electron chi connectivity index (χ1n) is 4.18. The fraction of sp³-hybridized carbons (Fsp3) is 0.300. The van der Waals surface area contributed by atoms with Gasteiger partial charge in [0, 0.05) is 4.48 Å². The average Bonchev–Trinajstić information content (AvgIpc) is 2.12. The van der Waals surface area contributed by atoms with Gasteiger partial charge in [-0.25, -0.2) is 4.79 Å². The lowest BCUT2D eigenvalue weighted by Gasteiger charge is -2.08. The van der Waals surface area contributed by atoms with E-state index in [0.29, 0.717) is 15.9 Å². The highest BCUT2D eigenvalue weighted by atomic mass is 79.9. The molecule has 2 nitrogen and oxygen atoms in total. The SMILES string of the molecule is CC1=C(Cl)C(Br)=CC(C(=O)O)=CCC1.